The molecule has 0 aliphatic heterocycles. The van der Waals surface area contributed by atoms with E-state index in [1.165, 1.54) is 0 Å². The first-order valence-electron chi connectivity index (χ1n) is 7.49. The Labute approximate surface area is 159 Å². The summed E-state index contributed by atoms with van der Waals surface area (Å²) in [7, 11) is 0. The van der Waals surface area contributed by atoms with Crippen LogP contribution in [0.3, 0.4) is 0 Å². The molecule has 0 radical (unpaired) electrons. The Balaban J connectivity index is 2.41. The lowest BCUT2D eigenvalue weighted by atomic mass is 10.1. The molecule has 0 N–H and O–H groups in total. The number of nitrogens with zero attached hydrogens (tertiary/aromatic N) is 11. The lowest BCUT2D eigenvalue weighted by molar-refractivity contribution is 0.579. The fourth-order valence-corrected chi connectivity index (χ4v) is 2.66. The van der Waals surface area contributed by atoms with Gasteiger partial charge >= 0.3 is 0 Å². The third-order valence-corrected chi connectivity index (χ3v) is 3.85. The maximum Gasteiger partial charge on any atom is 0.250 e. The van der Waals surface area contributed by atoms with Gasteiger partial charge in [-0.2, -0.15) is 30.7 Å². The Bertz CT molecular complexity index is 1570. The number of halogens is 1. The zero-order valence-corrected chi connectivity index (χ0v) is 13.8. The van der Waals surface area contributed by atoms with Crippen molar-refractivity contribution in [3.63, 3.8) is 0 Å². The lowest BCUT2D eigenvalue weighted by Crippen LogP contribution is -2.05. The molecular formula is C17FN11. The highest BCUT2D eigenvalue weighted by molar-refractivity contribution is 6.18. The maximum atomic E-state index is 14.1. The Kier molecular flexibility index (Phi) is 3.59. The van der Waals surface area contributed by atoms with Crippen molar-refractivity contribution < 1.29 is 4.39 Å². The van der Waals surface area contributed by atoms with Crippen LogP contribution in [-0.2, 0) is 0 Å². The molecule has 1 aromatic carbocycles. The molecule has 0 amide bonds. The Morgan fingerprint density at radius 3 is 0.931 bits per heavy atom. The average Bonchev–Trinajstić information content (AvgIpc) is 2.76. The molecule has 4 aromatic rings. The summed E-state index contributed by atoms with van der Waals surface area (Å²) < 4.78 is 14.1. The van der Waals surface area contributed by atoms with E-state index in [2.05, 4.69) is 29.9 Å². The van der Waals surface area contributed by atoms with Crippen molar-refractivity contribution in [1.82, 2.24) is 29.9 Å². The molecule has 0 unspecified atom stereocenters. The molecule has 0 bridgehead atoms. The van der Waals surface area contributed by atoms with E-state index in [0.717, 1.165) is 0 Å². The summed E-state index contributed by atoms with van der Waals surface area (Å²) in [6.07, 6.45) is 0. The number of benzene rings is 1. The minimum Gasteiger partial charge on any atom is -0.230 e. The van der Waals surface area contributed by atoms with Gasteiger partial charge in [-0.3, -0.25) is 0 Å². The van der Waals surface area contributed by atoms with Crippen LogP contribution in [0.4, 0.5) is 4.39 Å². The van der Waals surface area contributed by atoms with Gasteiger partial charge in [0, 0.05) is 0 Å². The standard InChI is InChI=1S/C17FN11/c18-17-10(5-23)28-15-13-11(24-6(1-19)7(2-20)26-13)12-14(16(15)29-17)27-9(4-22)8(3-21)25-12. The summed E-state index contributed by atoms with van der Waals surface area (Å²) in [5.74, 6) is -1.19. The van der Waals surface area contributed by atoms with Crippen LogP contribution >= 0.6 is 0 Å². The minimum atomic E-state index is -1.19. The Morgan fingerprint density at radius 1 is 0.414 bits per heavy atom. The van der Waals surface area contributed by atoms with Crippen LogP contribution in [0, 0.1) is 62.6 Å². The molecular weight excluding hydrogens is 377 g/mol. The summed E-state index contributed by atoms with van der Waals surface area (Å²) >= 11 is 0. The Morgan fingerprint density at radius 2 is 0.655 bits per heavy atom. The van der Waals surface area contributed by atoms with Gasteiger partial charge < -0.3 is 0 Å². The zero-order valence-electron chi connectivity index (χ0n) is 13.8. The topological polar surface area (TPSA) is 196 Å². The van der Waals surface area contributed by atoms with Crippen LogP contribution in [0.15, 0.2) is 0 Å². The SMILES string of the molecule is N#Cc1nc2c(nc1F)c1nc(C#N)c(C#N)nc1c1nc(C#N)c(C#N)nc21. The van der Waals surface area contributed by atoms with Crippen LogP contribution in [0.25, 0.3) is 33.1 Å². The molecule has 12 heteroatoms. The molecule has 130 valence electrons. The number of fused-ring (bicyclic) bond motifs is 6. The van der Waals surface area contributed by atoms with Gasteiger partial charge in [0.2, 0.25) is 5.95 Å². The van der Waals surface area contributed by atoms with Crippen molar-refractivity contribution in [2.75, 3.05) is 0 Å². The van der Waals surface area contributed by atoms with Crippen LogP contribution in [0.1, 0.15) is 28.5 Å². The molecule has 4 rings (SSSR count). The van der Waals surface area contributed by atoms with E-state index in [-0.39, 0.29) is 55.9 Å². The van der Waals surface area contributed by atoms with Gasteiger partial charge in [0.25, 0.3) is 0 Å². The van der Waals surface area contributed by atoms with Crippen molar-refractivity contribution in [3.8, 4) is 30.3 Å². The summed E-state index contributed by atoms with van der Waals surface area (Å²) in [5.41, 5.74) is -2.63. The van der Waals surface area contributed by atoms with Crippen molar-refractivity contribution in [1.29, 1.82) is 26.3 Å². The second-order valence-corrected chi connectivity index (χ2v) is 5.36. The fourth-order valence-electron chi connectivity index (χ4n) is 2.66. The van der Waals surface area contributed by atoms with E-state index in [4.69, 9.17) is 5.26 Å². The molecule has 29 heavy (non-hydrogen) atoms. The van der Waals surface area contributed by atoms with E-state index < -0.39 is 11.6 Å². The smallest absolute Gasteiger partial charge is 0.230 e. The largest absolute Gasteiger partial charge is 0.250 e. The molecule has 0 spiro atoms. The van der Waals surface area contributed by atoms with Crippen LogP contribution < -0.4 is 0 Å². The number of rotatable bonds is 0. The molecule has 0 aliphatic rings. The highest BCUT2D eigenvalue weighted by Gasteiger charge is 2.22. The minimum absolute atomic E-state index is 0.0682. The first kappa shape index (κ1) is 17.1. The number of aromatic nitrogens is 6. The third kappa shape index (κ3) is 2.30. The third-order valence-electron chi connectivity index (χ3n) is 3.85. The summed E-state index contributed by atoms with van der Waals surface area (Å²) in [6.45, 7) is 0. The second kappa shape index (κ2) is 6.10. The molecule has 0 atom stereocenters. The van der Waals surface area contributed by atoms with Gasteiger partial charge in [-0.15, -0.1) is 0 Å². The zero-order chi connectivity index (χ0) is 20.7. The van der Waals surface area contributed by atoms with E-state index in [1.54, 1.807) is 30.3 Å². The maximum absolute atomic E-state index is 14.1. The number of hydrogen-bond acceptors (Lipinski definition) is 11. The van der Waals surface area contributed by atoms with Crippen LogP contribution in [0.2, 0.25) is 0 Å². The van der Waals surface area contributed by atoms with Crippen molar-refractivity contribution in [2.24, 2.45) is 0 Å². The lowest BCUT2D eigenvalue weighted by Gasteiger charge is -2.08. The van der Waals surface area contributed by atoms with Gasteiger partial charge in [0.1, 0.15) is 63.4 Å². The first-order valence-corrected chi connectivity index (χ1v) is 7.49. The van der Waals surface area contributed by atoms with Gasteiger partial charge in [0.05, 0.1) is 0 Å². The predicted octanol–water partition coefficient (Wildman–Crippen LogP) is 1.01. The fraction of sp³-hybridized carbons (Fsp3) is 0. The normalized spacial score (nSPS) is 10.1. The second-order valence-electron chi connectivity index (χ2n) is 5.36. The van der Waals surface area contributed by atoms with E-state index in [0.29, 0.717) is 0 Å². The summed E-state index contributed by atoms with van der Waals surface area (Å²) in [5, 5.41) is 46.0. The van der Waals surface area contributed by atoms with E-state index in [1.807, 2.05) is 0 Å². The molecule has 3 heterocycles. The van der Waals surface area contributed by atoms with Crippen molar-refractivity contribution in [2.45, 2.75) is 0 Å². The van der Waals surface area contributed by atoms with Crippen molar-refractivity contribution in [3.05, 3.63) is 34.4 Å². The van der Waals surface area contributed by atoms with Crippen LogP contribution in [-0.4, -0.2) is 29.9 Å². The number of hydrogen-bond donors (Lipinski definition) is 0. The highest BCUT2D eigenvalue weighted by Crippen LogP contribution is 2.30. The van der Waals surface area contributed by atoms with Gasteiger partial charge in [-0.25, -0.2) is 29.9 Å². The molecule has 0 fully saturated rings. The monoisotopic (exact) mass is 377 g/mol. The van der Waals surface area contributed by atoms with E-state index in [9.17, 15) is 25.4 Å². The summed E-state index contributed by atoms with van der Waals surface area (Å²) in [4.78, 5) is 23.8. The first-order chi connectivity index (χ1) is 14.1. The molecule has 0 saturated carbocycles. The van der Waals surface area contributed by atoms with Gasteiger partial charge in [-0.1, -0.05) is 0 Å². The molecule has 0 aliphatic carbocycles. The van der Waals surface area contributed by atoms with Crippen LogP contribution in [0.5, 0.6) is 0 Å². The quantitative estimate of drug-likeness (QED) is 0.396. The van der Waals surface area contributed by atoms with Crippen molar-refractivity contribution >= 4 is 33.1 Å². The highest BCUT2D eigenvalue weighted by atomic mass is 19.1. The Hall–Kier alpha value is -5.38. The molecule has 0 saturated heterocycles. The van der Waals surface area contributed by atoms with Gasteiger partial charge in [0.15, 0.2) is 28.5 Å². The van der Waals surface area contributed by atoms with E-state index >= 15 is 0 Å². The summed E-state index contributed by atoms with van der Waals surface area (Å²) in [6, 6.07) is 8.41. The number of nitriles is 5. The molecule has 3 aromatic heterocycles. The van der Waals surface area contributed by atoms with Gasteiger partial charge in [-0.05, 0) is 0 Å². The molecule has 11 nitrogen and oxygen atoms in total. The average molecular weight is 377 g/mol. The predicted molar refractivity (Wildman–Crippen MR) is 89.3 cm³/mol.